The minimum absolute atomic E-state index is 0.144. The van der Waals surface area contributed by atoms with Crippen LogP contribution in [0.25, 0.3) is 10.8 Å². The number of likely N-dealkylation sites (N-methyl/N-ethyl adjacent to an activating group) is 1. The lowest BCUT2D eigenvalue weighted by atomic mass is 10.1. The van der Waals surface area contributed by atoms with Gasteiger partial charge in [0.15, 0.2) is 6.61 Å². The Labute approximate surface area is 174 Å². The topological polar surface area (TPSA) is 70.7 Å². The minimum Gasteiger partial charge on any atom is -0.484 e. The molecular weight excluding hydrogens is 390 g/mol. The van der Waals surface area contributed by atoms with Crippen LogP contribution in [0.3, 0.4) is 0 Å². The van der Waals surface area contributed by atoms with Crippen LogP contribution in [0.4, 0.5) is 0 Å². The number of hydrogen-bond acceptors (Lipinski definition) is 4. The van der Waals surface area contributed by atoms with Gasteiger partial charge in [0.2, 0.25) is 0 Å². The van der Waals surface area contributed by atoms with Gasteiger partial charge in [0.05, 0.1) is 6.54 Å². The third-order valence-corrected chi connectivity index (χ3v) is 4.46. The van der Waals surface area contributed by atoms with Gasteiger partial charge in [0.25, 0.3) is 11.8 Å². The summed E-state index contributed by atoms with van der Waals surface area (Å²) in [5.74, 6) is -0.246. The Bertz CT molecular complexity index is 992. The maximum atomic E-state index is 12.0. The van der Waals surface area contributed by atoms with Gasteiger partial charge in [0.1, 0.15) is 5.75 Å². The van der Waals surface area contributed by atoms with E-state index in [2.05, 4.69) is 35.1 Å². The average Bonchev–Trinajstić information content (AvgIpc) is 2.71. The number of rotatable bonds is 7. The van der Waals surface area contributed by atoms with Gasteiger partial charge in [0, 0.05) is 11.6 Å². The smallest absolute Gasteiger partial charge is 0.276 e. The molecule has 0 aromatic heterocycles. The predicted octanol–water partition coefficient (Wildman–Crippen LogP) is 3.15. The second-order valence-corrected chi connectivity index (χ2v) is 7.13. The van der Waals surface area contributed by atoms with Crippen molar-refractivity contribution >= 4 is 34.2 Å². The van der Waals surface area contributed by atoms with Crippen LogP contribution in [0.5, 0.6) is 5.75 Å². The Morgan fingerprint density at radius 3 is 2.38 bits per heavy atom. The molecule has 0 atom stereocenters. The van der Waals surface area contributed by atoms with Crippen LogP contribution in [-0.2, 0) is 16.1 Å². The second-order valence-electron chi connectivity index (χ2n) is 6.69. The molecule has 2 N–H and O–H groups in total. The maximum Gasteiger partial charge on any atom is 0.276 e. The molecule has 6 nitrogen and oxygen atoms in total. The Morgan fingerprint density at radius 2 is 1.62 bits per heavy atom. The predicted molar refractivity (Wildman–Crippen MR) is 114 cm³/mol. The van der Waals surface area contributed by atoms with Crippen molar-refractivity contribution in [2.75, 3.05) is 20.2 Å². The second kappa shape index (κ2) is 9.91. The van der Waals surface area contributed by atoms with Crippen LogP contribution in [-0.4, -0.2) is 36.9 Å². The first kappa shape index (κ1) is 20.6. The number of carbonyl (C=O) groups is 2. The van der Waals surface area contributed by atoms with Crippen molar-refractivity contribution in [2.45, 2.75) is 6.54 Å². The molecule has 0 unspecified atom stereocenters. The highest BCUT2D eigenvalue weighted by Gasteiger charge is 2.09. The van der Waals surface area contributed by atoms with Crippen molar-refractivity contribution in [3.63, 3.8) is 0 Å². The highest BCUT2D eigenvalue weighted by Crippen LogP contribution is 2.17. The maximum absolute atomic E-state index is 12.0. The van der Waals surface area contributed by atoms with Crippen molar-refractivity contribution in [3.05, 3.63) is 77.3 Å². The monoisotopic (exact) mass is 411 g/mol. The number of halogens is 1. The molecule has 3 aromatic rings. The van der Waals surface area contributed by atoms with Crippen molar-refractivity contribution < 1.29 is 14.3 Å². The number of benzene rings is 3. The highest BCUT2D eigenvalue weighted by atomic mass is 35.5. The molecule has 0 heterocycles. The molecule has 150 valence electrons. The first-order chi connectivity index (χ1) is 14.0. The number of nitrogens with one attached hydrogen (secondary N) is 2. The molecule has 0 aliphatic heterocycles. The number of ether oxygens (including phenoxy) is 1. The molecular formula is C22H22ClN3O3. The summed E-state index contributed by atoms with van der Waals surface area (Å²) < 4.78 is 5.32. The highest BCUT2D eigenvalue weighted by molar-refractivity contribution is 6.30. The Morgan fingerprint density at radius 1 is 0.931 bits per heavy atom. The molecule has 0 radical (unpaired) electrons. The fourth-order valence-electron chi connectivity index (χ4n) is 2.84. The molecule has 7 heteroatoms. The van der Waals surface area contributed by atoms with Gasteiger partial charge in [-0.25, -0.2) is 0 Å². The molecule has 0 aliphatic rings. The molecule has 0 saturated heterocycles. The van der Waals surface area contributed by atoms with Gasteiger partial charge < -0.3 is 4.74 Å². The zero-order valence-electron chi connectivity index (χ0n) is 16.0. The fourth-order valence-corrected chi connectivity index (χ4v) is 2.97. The van der Waals surface area contributed by atoms with Crippen molar-refractivity contribution in [2.24, 2.45) is 0 Å². The number of fused-ring (bicyclic) bond motifs is 1. The van der Waals surface area contributed by atoms with E-state index in [1.54, 1.807) is 24.3 Å². The summed E-state index contributed by atoms with van der Waals surface area (Å²) in [6, 6.07) is 21.0. The molecule has 3 aromatic carbocycles. The van der Waals surface area contributed by atoms with E-state index in [1.807, 2.05) is 30.1 Å². The SMILES string of the molecule is CN(CC(=O)NNC(=O)COc1ccc(Cl)cc1)Cc1ccc2ccccc2c1. The van der Waals surface area contributed by atoms with Gasteiger partial charge in [-0.1, -0.05) is 48.0 Å². The van der Waals surface area contributed by atoms with Crippen molar-refractivity contribution in [1.82, 2.24) is 15.8 Å². The van der Waals surface area contributed by atoms with Crippen LogP contribution in [0, 0.1) is 0 Å². The van der Waals surface area contributed by atoms with Crippen LogP contribution < -0.4 is 15.6 Å². The van der Waals surface area contributed by atoms with Gasteiger partial charge in [-0.3, -0.25) is 25.3 Å². The Hall–Kier alpha value is -3.09. The summed E-state index contributed by atoms with van der Waals surface area (Å²) in [7, 11) is 1.85. The van der Waals surface area contributed by atoms with E-state index in [-0.39, 0.29) is 19.1 Å². The van der Waals surface area contributed by atoms with E-state index in [9.17, 15) is 9.59 Å². The Balaban J connectivity index is 1.39. The molecule has 2 amide bonds. The molecule has 0 saturated carbocycles. The summed E-state index contributed by atoms with van der Waals surface area (Å²) in [6.45, 7) is 0.547. The third-order valence-electron chi connectivity index (χ3n) is 4.20. The zero-order valence-corrected chi connectivity index (χ0v) is 16.8. The minimum atomic E-state index is -0.453. The van der Waals surface area contributed by atoms with Crippen molar-refractivity contribution in [3.8, 4) is 5.75 Å². The molecule has 0 spiro atoms. The van der Waals surface area contributed by atoms with Crippen LogP contribution in [0.1, 0.15) is 5.56 Å². The van der Waals surface area contributed by atoms with Gasteiger partial charge in [-0.15, -0.1) is 0 Å². The van der Waals surface area contributed by atoms with E-state index in [0.717, 1.165) is 10.9 Å². The lowest BCUT2D eigenvalue weighted by Crippen LogP contribution is -2.47. The van der Waals surface area contributed by atoms with Crippen molar-refractivity contribution in [1.29, 1.82) is 0 Å². The number of hydrogen-bond donors (Lipinski definition) is 2. The lowest BCUT2D eigenvalue weighted by molar-refractivity contribution is -0.130. The Kier molecular flexibility index (Phi) is 7.05. The number of carbonyl (C=O) groups excluding carboxylic acids is 2. The summed E-state index contributed by atoms with van der Waals surface area (Å²) in [5, 5.41) is 2.93. The third kappa shape index (κ3) is 6.48. The van der Waals surface area contributed by atoms with Gasteiger partial charge in [-0.05, 0) is 53.7 Å². The van der Waals surface area contributed by atoms with Crippen LogP contribution in [0.2, 0.25) is 5.02 Å². The quantitative estimate of drug-likeness (QED) is 0.586. The zero-order chi connectivity index (χ0) is 20.6. The normalized spacial score (nSPS) is 10.7. The first-order valence-electron chi connectivity index (χ1n) is 9.12. The van der Waals surface area contributed by atoms with E-state index in [1.165, 1.54) is 5.39 Å². The van der Waals surface area contributed by atoms with Gasteiger partial charge >= 0.3 is 0 Å². The van der Waals surface area contributed by atoms with Crippen LogP contribution in [0.15, 0.2) is 66.7 Å². The molecule has 29 heavy (non-hydrogen) atoms. The largest absolute Gasteiger partial charge is 0.484 e. The summed E-state index contributed by atoms with van der Waals surface area (Å²) >= 11 is 5.79. The first-order valence-corrected chi connectivity index (χ1v) is 9.50. The molecule has 3 rings (SSSR count). The fraction of sp³-hybridized carbons (Fsp3) is 0.182. The summed E-state index contributed by atoms with van der Waals surface area (Å²) in [6.07, 6.45) is 0. The molecule has 0 aliphatic carbocycles. The average molecular weight is 412 g/mol. The standard InChI is InChI=1S/C22H22ClN3O3/c1-26(13-16-6-7-17-4-2-3-5-18(17)12-16)14-21(27)24-25-22(28)15-29-20-10-8-19(23)9-11-20/h2-12H,13-15H2,1H3,(H,24,27)(H,25,28). The molecule has 0 bridgehead atoms. The molecule has 0 fully saturated rings. The number of nitrogens with zero attached hydrogens (tertiary/aromatic N) is 1. The van der Waals surface area contributed by atoms with E-state index in [0.29, 0.717) is 17.3 Å². The number of hydrazine groups is 1. The lowest BCUT2D eigenvalue weighted by Gasteiger charge is -2.17. The van der Waals surface area contributed by atoms with Crippen LogP contribution >= 0.6 is 11.6 Å². The number of amides is 2. The van der Waals surface area contributed by atoms with E-state index < -0.39 is 5.91 Å². The van der Waals surface area contributed by atoms with E-state index >= 15 is 0 Å². The van der Waals surface area contributed by atoms with Gasteiger partial charge in [-0.2, -0.15) is 0 Å². The van der Waals surface area contributed by atoms with E-state index in [4.69, 9.17) is 16.3 Å². The summed E-state index contributed by atoms with van der Waals surface area (Å²) in [5.41, 5.74) is 5.84. The summed E-state index contributed by atoms with van der Waals surface area (Å²) in [4.78, 5) is 25.7.